The molecule has 2 saturated carbocycles. The molecule has 1 nitrogen and oxygen atoms in total. The minimum atomic E-state index is -1.68. The van der Waals surface area contributed by atoms with Gasteiger partial charge in [-0.1, -0.05) is 45.1 Å². The molecule has 0 N–H and O–H groups in total. The molecule has 0 amide bonds. The van der Waals surface area contributed by atoms with Gasteiger partial charge >= 0.3 is 0 Å². The number of rotatable bonds is 3. The van der Waals surface area contributed by atoms with Crippen molar-refractivity contribution in [1.29, 1.82) is 0 Å². The summed E-state index contributed by atoms with van der Waals surface area (Å²) in [7, 11) is -1.68. The van der Waals surface area contributed by atoms with Crippen molar-refractivity contribution in [2.24, 2.45) is 16.7 Å². The summed E-state index contributed by atoms with van der Waals surface area (Å²) in [5, 5.41) is 0. The van der Waals surface area contributed by atoms with Gasteiger partial charge in [0.25, 0.3) is 0 Å². The molecule has 106 valence electrons. The van der Waals surface area contributed by atoms with Crippen molar-refractivity contribution in [1.82, 2.24) is 0 Å². The van der Waals surface area contributed by atoms with Crippen molar-refractivity contribution in [2.45, 2.75) is 64.8 Å². The van der Waals surface area contributed by atoms with E-state index in [9.17, 15) is 0 Å². The number of fused-ring (bicyclic) bond motifs is 2. The van der Waals surface area contributed by atoms with Crippen LogP contribution in [0.2, 0.25) is 18.6 Å². The topological polar surface area (TPSA) is 9.23 Å². The van der Waals surface area contributed by atoms with Crippen molar-refractivity contribution in [3.8, 4) is 0 Å². The Kier molecular flexibility index (Phi) is 2.93. The van der Waals surface area contributed by atoms with E-state index in [0.717, 1.165) is 5.92 Å². The van der Waals surface area contributed by atoms with Crippen molar-refractivity contribution >= 4 is 8.32 Å². The molecule has 19 heavy (non-hydrogen) atoms. The van der Waals surface area contributed by atoms with Gasteiger partial charge in [-0.25, -0.2) is 0 Å². The van der Waals surface area contributed by atoms with Gasteiger partial charge in [-0.3, -0.25) is 0 Å². The van der Waals surface area contributed by atoms with E-state index in [1.165, 1.54) is 19.3 Å². The first-order chi connectivity index (χ1) is 8.76. The maximum absolute atomic E-state index is 6.87. The average molecular weight is 276 g/mol. The highest BCUT2D eigenvalue weighted by molar-refractivity contribution is 6.73. The second-order valence-corrected chi connectivity index (χ2v) is 12.4. The summed E-state index contributed by atoms with van der Waals surface area (Å²) in [5.74, 6) is 0.877. The zero-order valence-electron chi connectivity index (χ0n) is 13.1. The monoisotopic (exact) mass is 276 g/mol. The van der Waals surface area contributed by atoms with Crippen LogP contribution in [0.4, 0.5) is 0 Å². The van der Waals surface area contributed by atoms with E-state index in [0.29, 0.717) is 22.5 Å². The third-order valence-electron chi connectivity index (χ3n) is 6.11. The van der Waals surface area contributed by atoms with E-state index in [2.05, 4.69) is 58.2 Å². The normalized spacial score (nSPS) is 40.5. The van der Waals surface area contributed by atoms with Crippen LogP contribution in [0.25, 0.3) is 0 Å². The Labute approximate surface area is 119 Å². The molecule has 0 aliphatic heterocycles. The molecule has 0 saturated heterocycles. The molecule has 2 heteroatoms. The summed E-state index contributed by atoms with van der Waals surface area (Å²) in [6, 6.07) is 0. The molecule has 0 spiro atoms. The minimum absolute atomic E-state index is 0.364. The number of allylic oxidation sites excluding steroid dienone is 4. The van der Waals surface area contributed by atoms with Gasteiger partial charge in [0.05, 0.1) is 6.10 Å². The molecule has 2 bridgehead atoms. The van der Waals surface area contributed by atoms with Gasteiger partial charge in [0.2, 0.25) is 0 Å². The quantitative estimate of drug-likeness (QED) is 0.665. The first kappa shape index (κ1) is 13.6. The molecule has 3 atom stereocenters. The fourth-order valence-corrected chi connectivity index (χ4v) is 7.33. The molecule has 0 aromatic carbocycles. The molecular weight excluding hydrogens is 248 g/mol. The third-order valence-corrected chi connectivity index (χ3v) is 8.94. The van der Waals surface area contributed by atoms with Crippen LogP contribution in [0, 0.1) is 16.7 Å². The predicted octanol–water partition coefficient (Wildman–Crippen LogP) is 4.92. The van der Waals surface area contributed by atoms with Gasteiger partial charge in [0.15, 0.2) is 8.32 Å². The van der Waals surface area contributed by atoms with E-state index < -0.39 is 8.32 Å². The van der Waals surface area contributed by atoms with Gasteiger partial charge in [0, 0.05) is 5.54 Å². The first-order valence-corrected chi connectivity index (χ1v) is 10.8. The Morgan fingerprint density at radius 2 is 1.74 bits per heavy atom. The van der Waals surface area contributed by atoms with Crippen molar-refractivity contribution in [2.75, 3.05) is 0 Å². The van der Waals surface area contributed by atoms with Crippen LogP contribution in [-0.2, 0) is 4.43 Å². The highest BCUT2D eigenvalue weighted by atomic mass is 28.4. The predicted molar refractivity (Wildman–Crippen MR) is 83.6 cm³/mol. The lowest BCUT2D eigenvalue weighted by atomic mass is 9.70. The molecule has 0 unspecified atom stereocenters. The van der Waals surface area contributed by atoms with E-state index >= 15 is 0 Å². The van der Waals surface area contributed by atoms with Crippen molar-refractivity contribution in [3.63, 3.8) is 0 Å². The first-order valence-electron chi connectivity index (χ1n) is 7.78. The largest absolute Gasteiger partial charge is 0.412 e. The third kappa shape index (κ3) is 1.99. The Balaban J connectivity index is 1.82. The molecule has 0 aromatic rings. The van der Waals surface area contributed by atoms with E-state index in [1.807, 2.05) is 0 Å². The Bertz CT molecular complexity index is 418. The molecule has 0 aromatic heterocycles. The number of hydrogen-bond acceptors (Lipinski definition) is 1. The average Bonchev–Trinajstić information content (AvgIpc) is 2.97. The second-order valence-electron chi connectivity index (χ2n) is 8.31. The molecule has 3 rings (SSSR count). The van der Waals surface area contributed by atoms with Gasteiger partial charge in [0.1, 0.15) is 0 Å². The summed E-state index contributed by atoms with van der Waals surface area (Å²) in [6.45, 7) is 12.1. The Hall–Kier alpha value is -0.343. The van der Waals surface area contributed by atoms with Crippen LogP contribution in [0.1, 0.15) is 40.0 Å². The SMILES string of the molecule is CC1(C)[C@H]2CC[C@](C)(C2)[C@H]1O[Si](C)(C)C1C=CC=C1. The fourth-order valence-electron chi connectivity index (χ4n) is 4.83. The summed E-state index contributed by atoms with van der Waals surface area (Å²) in [4.78, 5) is 0. The second kappa shape index (κ2) is 4.08. The Morgan fingerprint density at radius 1 is 1.11 bits per heavy atom. The zero-order valence-corrected chi connectivity index (χ0v) is 14.1. The standard InChI is InChI=1S/C17H28OSi/c1-16(2)13-10-11-17(3,12-13)15(16)18-19(4,5)14-8-6-7-9-14/h6-9,13-15H,10-12H2,1-5H3/t13-,15-,17+/m0/s1. The lowest BCUT2D eigenvalue weighted by Crippen LogP contribution is -2.50. The molecule has 0 radical (unpaired) electrons. The lowest BCUT2D eigenvalue weighted by Gasteiger charge is -2.47. The van der Waals surface area contributed by atoms with Gasteiger partial charge < -0.3 is 4.43 Å². The highest BCUT2D eigenvalue weighted by Gasteiger charge is 2.61. The van der Waals surface area contributed by atoms with Crippen LogP contribution in [-0.4, -0.2) is 14.4 Å². The minimum Gasteiger partial charge on any atom is -0.412 e. The fraction of sp³-hybridized carbons (Fsp3) is 0.765. The van der Waals surface area contributed by atoms with Crippen LogP contribution >= 0.6 is 0 Å². The van der Waals surface area contributed by atoms with E-state index in [1.54, 1.807) is 0 Å². The van der Waals surface area contributed by atoms with Gasteiger partial charge in [-0.05, 0) is 49.1 Å². The smallest absolute Gasteiger partial charge is 0.197 e. The summed E-state index contributed by atoms with van der Waals surface area (Å²) in [6.07, 6.45) is 13.6. The maximum atomic E-state index is 6.87. The van der Waals surface area contributed by atoms with Crippen molar-refractivity contribution < 1.29 is 4.43 Å². The molecule has 2 fully saturated rings. The van der Waals surface area contributed by atoms with Crippen LogP contribution in [0.5, 0.6) is 0 Å². The van der Waals surface area contributed by atoms with Crippen LogP contribution in [0.3, 0.4) is 0 Å². The van der Waals surface area contributed by atoms with Gasteiger partial charge in [-0.15, -0.1) is 0 Å². The molecule has 3 aliphatic carbocycles. The Morgan fingerprint density at radius 3 is 2.26 bits per heavy atom. The maximum Gasteiger partial charge on any atom is 0.197 e. The summed E-state index contributed by atoms with van der Waals surface area (Å²) >= 11 is 0. The highest BCUT2D eigenvalue weighted by Crippen LogP contribution is 2.64. The summed E-state index contributed by atoms with van der Waals surface area (Å²) in [5.41, 5.74) is 1.36. The van der Waals surface area contributed by atoms with Gasteiger partial charge in [-0.2, -0.15) is 0 Å². The molecular formula is C17H28OSi. The van der Waals surface area contributed by atoms with Crippen molar-refractivity contribution in [3.05, 3.63) is 24.3 Å². The van der Waals surface area contributed by atoms with E-state index in [-0.39, 0.29) is 0 Å². The number of hydrogen-bond donors (Lipinski definition) is 0. The molecule has 0 heterocycles. The lowest BCUT2D eigenvalue weighted by molar-refractivity contribution is -0.0214. The van der Waals surface area contributed by atoms with E-state index in [4.69, 9.17) is 4.43 Å². The zero-order chi connectivity index (χ0) is 13.9. The molecule has 3 aliphatic rings. The van der Waals surface area contributed by atoms with Crippen LogP contribution in [0.15, 0.2) is 24.3 Å². The summed E-state index contributed by atoms with van der Waals surface area (Å²) < 4.78 is 6.87. The van der Waals surface area contributed by atoms with Crippen LogP contribution < -0.4 is 0 Å².